The Morgan fingerprint density at radius 2 is 2.25 bits per heavy atom. The molecule has 1 saturated carbocycles. The second kappa shape index (κ2) is 6.59. The molecule has 2 N–H and O–H groups in total. The molecule has 1 fully saturated rings. The molecule has 0 bridgehead atoms. The summed E-state index contributed by atoms with van der Waals surface area (Å²) in [5, 5.41) is 13.1. The number of nitrogens with zero attached hydrogens (tertiary/aromatic N) is 1. The number of benzene rings is 1. The summed E-state index contributed by atoms with van der Waals surface area (Å²) in [5.41, 5.74) is 2.53. The van der Waals surface area contributed by atoms with Crippen LogP contribution in [0.25, 0.3) is 0 Å². The fraction of sp³-hybridized carbons (Fsp3) is 0.647. The minimum absolute atomic E-state index is 0.0482. The van der Waals surface area contributed by atoms with Gasteiger partial charge < -0.3 is 15.3 Å². The number of rotatable bonds is 6. The molecule has 0 aliphatic heterocycles. The molecule has 112 valence electrons. The van der Waals surface area contributed by atoms with Crippen LogP contribution in [0, 0.1) is 12.8 Å². The third kappa shape index (κ3) is 3.15. The normalized spacial score (nSPS) is 25.9. The van der Waals surface area contributed by atoms with E-state index in [1.165, 1.54) is 24.1 Å². The van der Waals surface area contributed by atoms with E-state index in [4.69, 9.17) is 0 Å². The van der Waals surface area contributed by atoms with Crippen molar-refractivity contribution in [3.63, 3.8) is 0 Å². The Bertz CT molecular complexity index is 429. The average molecular weight is 276 g/mol. The summed E-state index contributed by atoms with van der Waals surface area (Å²) >= 11 is 0. The third-order valence-corrected chi connectivity index (χ3v) is 4.99. The predicted octanol–water partition coefficient (Wildman–Crippen LogP) is 2.57. The molecule has 0 spiro atoms. The highest BCUT2D eigenvalue weighted by molar-refractivity contribution is 5.47. The molecule has 0 saturated heterocycles. The van der Waals surface area contributed by atoms with Gasteiger partial charge in [-0.1, -0.05) is 18.6 Å². The summed E-state index contributed by atoms with van der Waals surface area (Å²) in [6.07, 6.45) is 4.67. The first kappa shape index (κ1) is 15.3. The highest BCUT2D eigenvalue weighted by atomic mass is 16.3. The summed E-state index contributed by atoms with van der Waals surface area (Å²) < 4.78 is 0. The van der Waals surface area contributed by atoms with Crippen LogP contribution in [0.2, 0.25) is 0 Å². The highest BCUT2D eigenvalue weighted by Gasteiger charge is 2.40. The lowest BCUT2D eigenvalue weighted by molar-refractivity contribution is 0.128. The minimum atomic E-state index is -0.0482. The number of nitrogens with one attached hydrogen (secondary N) is 1. The van der Waals surface area contributed by atoms with Gasteiger partial charge in [0.1, 0.15) is 0 Å². The van der Waals surface area contributed by atoms with Gasteiger partial charge in [-0.2, -0.15) is 0 Å². The largest absolute Gasteiger partial charge is 0.394 e. The van der Waals surface area contributed by atoms with Gasteiger partial charge in [0.15, 0.2) is 0 Å². The average Bonchev–Trinajstić information content (AvgIpc) is 2.88. The molecule has 2 unspecified atom stereocenters. The van der Waals surface area contributed by atoms with Crippen LogP contribution in [-0.4, -0.2) is 37.9 Å². The number of aliphatic hydroxyl groups is 1. The second-order valence-corrected chi connectivity index (χ2v) is 6.20. The number of hydrogen-bond acceptors (Lipinski definition) is 3. The summed E-state index contributed by atoms with van der Waals surface area (Å²) in [6.45, 7) is 3.42. The predicted molar refractivity (Wildman–Crippen MR) is 85.3 cm³/mol. The molecule has 1 aliphatic rings. The van der Waals surface area contributed by atoms with Crippen LogP contribution in [0.15, 0.2) is 24.3 Å². The zero-order chi connectivity index (χ0) is 14.6. The Balaban J connectivity index is 1.94. The monoisotopic (exact) mass is 276 g/mol. The quantitative estimate of drug-likeness (QED) is 0.838. The zero-order valence-corrected chi connectivity index (χ0v) is 13.0. The molecule has 0 heterocycles. The summed E-state index contributed by atoms with van der Waals surface area (Å²) in [5.74, 6) is 0.574. The van der Waals surface area contributed by atoms with Gasteiger partial charge in [0.25, 0.3) is 0 Å². The molecule has 2 rings (SSSR count). The Morgan fingerprint density at radius 1 is 1.45 bits per heavy atom. The van der Waals surface area contributed by atoms with Crippen LogP contribution >= 0.6 is 0 Å². The van der Waals surface area contributed by atoms with Crippen molar-refractivity contribution < 1.29 is 5.11 Å². The highest BCUT2D eigenvalue weighted by Crippen LogP contribution is 2.37. The third-order valence-electron chi connectivity index (χ3n) is 4.99. The van der Waals surface area contributed by atoms with Gasteiger partial charge in [-0.25, -0.2) is 0 Å². The van der Waals surface area contributed by atoms with E-state index >= 15 is 0 Å². The van der Waals surface area contributed by atoms with E-state index in [0.717, 1.165) is 19.4 Å². The maximum atomic E-state index is 9.73. The molecule has 2 atom stereocenters. The van der Waals surface area contributed by atoms with Crippen LogP contribution in [0.5, 0.6) is 0 Å². The number of aryl methyl sites for hydroxylation is 1. The summed E-state index contributed by atoms with van der Waals surface area (Å²) in [7, 11) is 4.14. The van der Waals surface area contributed by atoms with E-state index in [2.05, 4.69) is 48.5 Å². The van der Waals surface area contributed by atoms with Crippen molar-refractivity contribution in [1.82, 2.24) is 5.32 Å². The summed E-state index contributed by atoms with van der Waals surface area (Å²) in [4.78, 5) is 2.32. The fourth-order valence-electron chi connectivity index (χ4n) is 3.53. The Morgan fingerprint density at radius 3 is 2.90 bits per heavy atom. The van der Waals surface area contributed by atoms with Crippen molar-refractivity contribution in [2.45, 2.75) is 38.1 Å². The van der Waals surface area contributed by atoms with Crippen molar-refractivity contribution in [2.24, 2.45) is 5.92 Å². The number of anilines is 1. The molecule has 0 aromatic heterocycles. The standard InChI is InChI=1S/C17H28N2O/c1-14-6-4-8-16(12-14)19(3)11-9-15-7-5-10-17(15,13-20)18-2/h4,6,8,12,15,18,20H,5,7,9-11,13H2,1-3H3. The van der Waals surface area contributed by atoms with E-state index in [-0.39, 0.29) is 12.1 Å². The molecule has 1 aromatic rings. The Labute approximate surface area is 123 Å². The first-order valence-electron chi connectivity index (χ1n) is 7.69. The maximum absolute atomic E-state index is 9.73. The second-order valence-electron chi connectivity index (χ2n) is 6.20. The number of likely N-dealkylation sites (N-methyl/N-ethyl adjacent to an activating group) is 1. The molecule has 0 radical (unpaired) electrons. The lowest BCUT2D eigenvalue weighted by atomic mass is 9.85. The van der Waals surface area contributed by atoms with E-state index in [1.54, 1.807) is 0 Å². The molecule has 20 heavy (non-hydrogen) atoms. The van der Waals surface area contributed by atoms with Crippen LogP contribution in [0.4, 0.5) is 5.69 Å². The van der Waals surface area contributed by atoms with Crippen LogP contribution < -0.4 is 10.2 Å². The van der Waals surface area contributed by atoms with Gasteiger partial charge in [-0.15, -0.1) is 0 Å². The van der Waals surface area contributed by atoms with E-state index < -0.39 is 0 Å². The van der Waals surface area contributed by atoms with E-state index in [0.29, 0.717) is 5.92 Å². The van der Waals surface area contributed by atoms with Gasteiger partial charge >= 0.3 is 0 Å². The maximum Gasteiger partial charge on any atom is 0.0615 e. The van der Waals surface area contributed by atoms with Gasteiger partial charge in [0, 0.05) is 24.8 Å². The molecule has 0 amide bonds. The lowest BCUT2D eigenvalue weighted by Gasteiger charge is -2.34. The molecule has 3 nitrogen and oxygen atoms in total. The first-order valence-corrected chi connectivity index (χ1v) is 7.69. The molecule has 1 aliphatic carbocycles. The minimum Gasteiger partial charge on any atom is -0.394 e. The van der Waals surface area contributed by atoms with E-state index in [1.807, 2.05) is 7.05 Å². The van der Waals surface area contributed by atoms with Gasteiger partial charge in [-0.05, 0) is 56.8 Å². The number of aliphatic hydroxyl groups excluding tert-OH is 1. The Kier molecular flexibility index (Phi) is 5.06. The molecule has 1 aromatic carbocycles. The van der Waals surface area contributed by atoms with Crippen molar-refractivity contribution in [1.29, 1.82) is 0 Å². The fourth-order valence-corrected chi connectivity index (χ4v) is 3.53. The van der Waals surface area contributed by atoms with Gasteiger partial charge in [-0.3, -0.25) is 0 Å². The van der Waals surface area contributed by atoms with Crippen molar-refractivity contribution in [3.05, 3.63) is 29.8 Å². The number of hydrogen-bond donors (Lipinski definition) is 2. The van der Waals surface area contributed by atoms with Crippen molar-refractivity contribution >= 4 is 5.69 Å². The SMILES string of the molecule is CNC1(CO)CCCC1CCN(C)c1cccc(C)c1. The Hall–Kier alpha value is -1.06. The smallest absolute Gasteiger partial charge is 0.0615 e. The molecular formula is C17H28N2O. The van der Waals surface area contributed by atoms with Crippen LogP contribution in [-0.2, 0) is 0 Å². The lowest BCUT2D eigenvalue weighted by Crippen LogP contribution is -2.50. The van der Waals surface area contributed by atoms with Crippen LogP contribution in [0.3, 0.4) is 0 Å². The topological polar surface area (TPSA) is 35.5 Å². The summed E-state index contributed by atoms with van der Waals surface area (Å²) in [6, 6.07) is 8.64. The van der Waals surface area contributed by atoms with Gasteiger partial charge in [0.2, 0.25) is 0 Å². The van der Waals surface area contributed by atoms with Crippen molar-refractivity contribution in [3.8, 4) is 0 Å². The van der Waals surface area contributed by atoms with Crippen molar-refractivity contribution in [2.75, 3.05) is 32.1 Å². The first-order chi connectivity index (χ1) is 9.61. The molecule has 3 heteroatoms. The zero-order valence-electron chi connectivity index (χ0n) is 13.0. The van der Waals surface area contributed by atoms with Crippen LogP contribution in [0.1, 0.15) is 31.2 Å². The molecular weight excluding hydrogens is 248 g/mol. The van der Waals surface area contributed by atoms with E-state index in [9.17, 15) is 5.11 Å². The van der Waals surface area contributed by atoms with Gasteiger partial charge in [0.05, 0.1) is 6.61 Å².